The third-order valence-electron chi connectivity index (χ3n) is 4.00. The topological polar surface area (TPSA) is 34.0 Å². The van der Waals surface area contributed by atoms with Gasteiger partial charge in [-0.15, -0.1) is 0 Å². The highest BCUT2D eigenvalue weighted by Gasteiger charge is 2.18. The number of amides is 1. The van der Waals surface area contributed by atoms with Crippen molar-refractivity contribution in [3.63, 3.8) is 0 Å². The molecule has 0 aliphatic carbocycles. The van der Waals surface area contributed by atoms with E-state index in [0.717, 1.165) is 11.1 Å². The van der Waals surface area contributed by atoms with E-state index in [1.807, 2.05) is 54.2 Å². The first kappa shape index (κ1) is 17.2. The summed E-state index contributed by atoms with van der Waals surface area (Å²) in [6.45, 7) is 2.01. The summed E-state index contributed by atoms with van der Waals surface area (Å²) in [6.07, 6.45) is 4.03. The molecule has 0 aliphatic rings. The zero-order valence-corrected chi connectivity index (χ0v) is 14.5. The van der Waals surface area contributed by atoms with E-state index < -0.39 is 5.82 Å². The van der Waals surface area contributed by atoms with Crippen molar-refractivity contribution in [3.8, 4) is 0 Å². The van der Waals surface area contributed by atoms with Crippen LogP contribution in [0.4, 0.5) is 10.1 Å². The van der Waals surface area contributed by atoms with Crippen molar-refractivity contribution in [2.24, 2.45) is 0 Å². The van der Waals surface area contributed by atoms with Gasteiger partial charge in [0.25, 0.3) is 0 Å². The van der Waals surface area contributed by atoms with Crippen LogP contribution in [-0.4, -0.2) is 10.5 Å². The third kappa shape index (κ3) is 4.28. The predicted octanol–water partition coefficient (Wildman–Crippen LogP) is 5.21. The van der Waals surface area contributed by atoms with Gasteiger partial charge < -0.3 is 9.88 Å². The summed E-state index contributed by atoms with van der Waals surface area (Å²) < 4.78 is 15.9. The lowest BCUT2D eigenvalue weighted by atomic mass is 10.0. The Balaban J connectivity index is 1.82. The summed E-state index contributed by atoms with van der Waals surface area (Å²) in [5, 5.41) is 2.92. The number of aryl methyl sites for hydroxylation is 1. The van der Waals surface area contributed by atoms with Crippen LogP contribution < -0.4 is 5.32 Å². The molecule has 0 saturated carbocycles. The lowest BCUT2D eigenvalue weighted by Crippen LogP contribution is -2.20. The van der Waals surface area contributed by atoms with Crippen molar-refractivity contribution in [2.75, 3.05) is 5.32 Å². The van der Waals surface area contributed by atoms with E-state index in [2.05, 4.69) is 11.4 Å². The first-order valence-corrected chi connectivity index (χ1v) is 8.34. The van der Waals surface area contributed by atoms with Crippen LogP contribution in [0.25, 0.3) is 0 Å². The van der Waals surface area contributed by atoms with Gasteiger partial charge in [0.1, 0.15) is 5.82 Å². The molecule has 3 rings (SSSR count). The molecule has 0 bridgehead atoms. The number of aromatic nitrogens is 1. The molecule has 0 radical (unpaired) electrons. The Hall–Kier alpha value is -2.59. The van der Waals surface area contributed by atoms with E-state index in [1.54, 1.807) is 6.07 Å². The number of hydrogen-bond donors (Lipinski definition) is 1. The van der Waals surface area contributed by atoms with Crippen LogP contribution in [0.1, 0.15) is 23.6 Å². The molecule has 2 aromatic carbocycles. The molecule has 1 aromatic heterocycles. The van der Waals surface area contributed by atoms with Gasteiger partial charge in [0.2, 0.25) is 5.91 Å². The lowest BCUT2D eigenvalue weighted by molar-refractivity contribution is -0.116. The van der Waals surface area contributed by atoms with Gasteiger partial charge in [-0.2, -0.15) is 0 Å². The van der Waals surface area contributed by atoms with Gasteiger partial charge in [-0.05, 0) is 42.8 Å². The Morgan fingerprint density at radius 2 is 1.92 bits per heavy atom. The Morgan fingerprint density at radius 3 is 2.60 bits per heavy atom. The second kappa shape index (κ2) is 7.53. The molecule has 0 fully saturated rings. The van der Waals surface area contributed by atoms with E-state index in [1.165, 1.54) is 12.1 Å². The zero-order chi connectivity index (χ0) is 17.8. The molecular formula is C20H18ClFN2O. The molecule has 3 nitrogen and oxygen atoms in total. The first-order chi connectivity index (χ1) is 12.0. The summed E-state index contributed by atoms with van der Waals surface area (Å²) in [4.78, 5) is 12.5. The van der Waals surface area contributed by atoms with E-state index >= 15 is 0 Å². The number of nitrogens with one attached hydrogen (secondary N) is 1. The van der Waals surface area contributed by atoms with Crippen LogP contribution >= 0.6 is 11.6 Å². The number of nitrogens with zero attached hydrogens (tertiary/aromatic N) is 1. The highest BCUT2D eigenvalue weighted by molar-refractivity contribution is 6.30. The predicted molar refractivity (Wildman–Crippen MR) is 98.4 cm³/mol. The van der Waals surface area contributed by atoms with Crippen molar-refractivity contribution in [2.45, 2.75) is 19.4 Å². The third-order valence-corrected chi connectivity index (χ3v) is 4.23. The largest absolute Gasteiger partial charge is 0.346 e. The minimum atomic E-state index is -0.547. The number of carbonyl (C=O) groups is 1. The van der Waals surface area contributed by atoms with Crippen LogP contribution in [0.2, 0.25) is 5.02 Å². The molecule has 5 heteroatoms. The van der Waals surface area contributed by atoms with Crippen LogP contribution in [-0.2, 0) is 4.79 Å². The highest BCUT2D eigenvalue weighted by atomic mass is 35.5. The number of benzene rings is 2. The second-order valence-corrected chi connectivity index (χ2v) is 6.37. The van der Waals surface area contributed by atoms with Crippen molar-refractivity contribution < 1.29 is 9.18 Å². The van der Waals surface area contributed by atoms with E-state index in [0.29, 0.717) is 5.02 Å². The average molecular weight is 357 g/mol. The van der Waals surface area contributed by atoms with Gasteiger partial charge in [-0.1, -0.05) is 41.4 Å². The zero-order valence-electron chi connectivity index (χ0n) is 13.7. The fourth-order valence-electron chi connectivity index (χ4n) is 2.80. The van der Waals surface area contributed by atoms with Crippen LogP contribution in [0.3, 0.4) is 0 Å². The maximum atomic E-state index is 13.9. The van der Waals surface area contributed by atoms with Gasteiger partial charge in [0.15, 0.2) is 0 Å². The van der Waals surface area contributed by atoms with Gasteiger partial charge in [0.05, 0.1) is 18.2 Å². The lowest BCUT2D eigenvalue weighted by Gasteiger charge is -2.20. The molecule has 25 heavy (non-hydrogen) atoms. The van der Waals surface area contributed by atoms with Gasteiger partial charge in [-0.3, -0.25) is 4.79 Å². The Kier molecular flexibility index (Phi) is 5.19. The Morgan fingerprint density at radius 1 is 1.16 bits per heavy atom. The summed E-state index contributed by atoms with van der Waals surface area (Å²) in [6, 6.07) is 15.9. The quantitative estimate of drug-likeness (QED) is 0.669. The maximum Gasteiger partial charge on any atom is 0.226 e. The SMILES string of the molecule is Cc1cccc([C@@H](CC(=O)Nc2ccc(Cl)cc2F)n2cccc2)c1. The van der Waals surface area contributed by atoms with Crippen LogP contribution in [0.5, 0.6) is 0 Å². The first-order valence-electron chi connectivity index (χ1n) is 7.97. The summed E-state index contributed by atoms with van der Waals surface area (Å²) in [5.74, 6) is -0.810. The minimum Gasteiger partial charge on any atom is -0.346 e. The van der Waals surface area contributed by atoms with E-state index in [9.17, 15) is 9.18 Å². The number of halogens is 2. The second-order valence-electron chi connectivity index (χ2n) is 5.94. The molecule has 1 heterocycles. The van der Waals surface area contributed by atoms with Crippen LogP contribution in [0.15, 0.2) is 67.0 Å². The molecule has 1 N–H and O–H groups in total. The van der Waals surface area contributed by atoms with Gasteiger partial charge in [-0.25, -0.2) is 4.39 Å². The average Bonchev–Trinajstić information content (AvgIpc) is 3.09. The highest BCUT2D eigenvalue weighted by Crippen LogP contribution is 2.25. The standard InChI is InChI=1S/C20H18ClFN2O/c1-14-5-4-6-15(11-14)19(24-9-2-3-10-24)13-20(25)23-18-8-7-16(21)12-17(18)22/h2-12,19H,13H2,1H3,(H,23,25)/t19-/m1/s1. The summed E-state index contributed by atoms with van der Waals surface area (Å²) in [7, 11) is 0. The van der Waals surface area contributed by atoms with E-state index in [-0.39, 0.29) is 24.1 Å². The number of anilines is 1. The molecule has 1 atom stereocenters. The van der Waals surface area contributed by atoms with Crippen molar-refractivity contribution >= 4 is 23.2 Å². The fraction of sp³-hybridized carbons (Fsp3) is 0.150. The smallest absolute Gasteiger partial charge is 0.226 e. The Labute approximate surface area is 151 Å². The molecule has 0 unspecified atom stereocenters. The maximum absolute atomic E-state index is 13.9. The van der Waals surface area contributed by atoms with Gasteiger partial charge in [0, 0.05) is 17.4 Å². The monoisotopic (exact) mass is 356 g/mol. The Bertz CT molecular complexity index is 877. The van der Waals surface area contributed by atoms with Crippen LogP contribution in [0, 0.1) is 12.7 Å². The molecule has 3 aromatic rings. The number of rotatable bonds is 5. The van der Waals surface area contributed by atoms with E-state index in [4.69, 9.17) is 11.6 Å². The molecule has 0 aliphatic heterocycles. The normalized spacial score (nSPS) is 12.0. The minimum absolute atomic E-state index is 0.130. The molecule has 128 valence electrons. The molecule has 1 amide bonds. The summed E-state index contributed by atoms with van der Waals surface area (Å²) >= 11 is 5.74. The fourth-order valence-corrected chi connectivity index (χ4v) is 2.95. The van der Waals surface area contributed by atoms with Crippen molar-refractivity contribution in [3.05, 3.63) is 89.0 Å². The summed E-state index contributed by atoms with van der Waals surface area (Å²) in [5.41, 5.74) is 2.28. The number of carbonyl (C=O) groups excluding carboxylic acids is 1. The van der Waals surface area contributed by atoms with Gasteiger partial charge >= 0.3 is 0 Å². The molecular weight excluding hydrogens is 339 g/mol. The number of hydrogen-bond acceptors (Lipinski definition) is 1. The molecule has 0 spiro atoms. The van der Waals surface area contributed by atoms with Crippen molar-refractivity contribution in [1.82, 2.24) is 4.57 Å². The molecule has 0 saturated heterocycles. The van der Waals surface area contributed by atoms with Crippen molar-refractivity contribution in [1.29, 1.82) is 0 Å².